The lowest BCUT2D eigenvalue weighted by Gasteiger charge is -2.19. The summed E-state index contributed by atoms with van der Waals surface area (Å²) < 4.78 is 0. The van der Waals surface area contributed by atoms with Crippen molar-refractivity contribution in [2.75, 3.05) is 39.3 Å². The number of phenolic OH excluding ortho intramolecular Hbond substituents is 3. The lowest BCUT2D eigenvalue weighted by atomic mass is 10.2. The zero-order chi connectivity index (χ0) is 24.0. The van der Waals surface area contributed by atoms with Gasteiger partial charge in [0.15, 0.2) is 0 Å². The van der Waals surface area contributed by atoms with Gasteiger partial charge in [0.25, 0.3) is 0 Å². The van der Waals surface area contributed by atoms with Crippen LogP contribution in [0, 0.1) is 0 Å². The summed E-state index contributed by atoms with van der Waals surface area (Å²) in [5, 5.41) is 29.6. The van der Waals surface area contributed by atoms with E-state index in [1.807, 2.05) is 36.4 Å². The molecule has 0 aliphatic carbocycles. The maximum atomic E-state index is 9.86. The van der Waals surface area contributed by atoms with Crippen LogP contribution in [0.1, 0.15) is 16.7 Å². The van der Waals surface area contributed by atoms with Crippen LogP contribution >= 0.6 is 0 Å². The second-order valence-corrected chi connectivity index (χ2v) is 7.62. The number of phenols is 3. The average Bonchev–Trinajstić information content (AvgIpc) is 2.84. The monoisotopic (exact) mass is 458 g/mol. The molecule has 176 valence electrons. The van der Waals surface area contributed by atoms with Gasteiger partial charge in [-0.15, -0.1) is 0 Å². The van der Waals surface area contributed by atoms with Crippen molar-refractivity contribution in [2.45, 2.75) is 0 Å². The summed E-state index contributed by atoms with van der Waals surface area (Å²) in [4.78, 5) is 15.6. The van der Waals surface area contributed by atoms with E-state index in [2.05, 4.69) is 19.9 Å². The summed E-state index contributed by atoms with van der Waals surface area (Å²) in [5.74, 6) is 0.625. The second-order valence-electron chi connectivity index (χ2n) is 7.62. The molecule has 34 heavy (non-hydrogen) atoms. The van der Waals surface area contributed by atoms with Gasteiger partial charge in [-0.1, -0.05) is 36.4 Å². The van der Waals surface area contributed by atoms with Crippen molar-refractivity contribution >= 4 is 18.6 Å². The molecule has 0 atom stereocenters. The van der Waals surface area contributed by atoms with Crippen molar-refractivity contribution in [1.29, 1.82) is 0 Å². The second kappa shape index (κ2) is 13.5. The number of hydrogen-bond acceptors (Lipinski definition) is 7. The fourth-order valence-corrected chi connectivity index (χ4v) is 3.21. The molecular weight excluding hydrogens is 428 g/mol. The SMILES string of the molecule is Oc1ccccc1/C=N/CCN(CC/N=C/c1ccccc1O)CC/N=C/c1ccccc1O. The average molecular weight is 459 g/mol. The van der Waals surface area contributed by atoms with E-state index in [4.69, 9.17) is 0 Å². The van der Waals surface area contributed by atoms with Crippen LogP contribution in [0.2, 0.25) is 0 Å². The van der Waals surface area contributed by atoms with Crippen molar-refractivity contribution in [3.8, 4) is 17.2 Å². The molecule has 3 N–H and O–H groups in total. The van der Waals surface area contributed by atoms with Gasteiger partial charge in [-0.3, -0.25) is 19.9 Å². The summed E-state index contributed by atoms with van der Waals surface area (Å²) in [5.41, 5.74) is 2.07. The molecule has 3 rings (SSSR count). The highest BCUT2D eigenvalue weighted by Crippen LogP contribution is 2.14. The molecule has 0 saturated heterocycles. The van der Waals surface area contributed by atoms with E-state index < -0.39 is 0 Å². The van der Waals surface area contributed by atoms with E-state index in [0.717, 1.165) is 0 Å². The van der Waals surface area contributed by atoms with E-state index in [1.165, 1.54) is 0 Å². The van der Waals surface area contributed by atoms with E-state index in [9.17, 15) is 15.3 Å². The zero-order valence-corrected chi connectivity index (χ0v) is 19.0. The van der Waals surface area contributed by atoms with Gasteiger partial charge in [-0.05, 0) is 36.4 Å². The normalized spacial score (nSPS) is 11.9. The largest absolute Gasteiger partial charge is 0.507 e. The number of hydrogen-bond donors (Lipinski definition) is 3. The molecule has 7 nitrogen and oxygen atoms in total. The number of aliphatic imine (C=N–C) groups is 3. The molecule has 0 spiro atoms. The van der Waals surface area contributed by atoms with Crippen LogP contribution in [-0.2, 0) is 0 Å². The molecule has 0 aliphatic heterocycles. The first-order valence-electron chi connectivity index (χ1n) is 11.2. The Morgan fingerprint density at radius 2 is 0.794 bits per heavy atom. The van der Waals surface area contributed by atoms with Gasteiger partial charge >= 0.3 is 0 Å². The third-order valence-electron chi connectivity index (χ3n) is 5.14. The van der Waals surface area contributed by atoms with E-state index in [1.54, 1.807) is 55.0 Å². The molecular formula is C27H30N4O3. The third kappa shape index (κ3) is 8.18. The van der Waals surface area contributed by atoms with Crippen LogP contribution in [0.15, 0.2) is 87.8 Å². The summed E-state index contributed by atoms with van der Waals surface area (Å²) >= 11 is 0. The van der Waals surface area contributed by atoms with Gasteiger partial charge in [0, 0.05) is 55.0 Å². The Morgan fingerprint density at radius 3 is 1.09 bits per heavy atom. The highest BCUT2D eigenvalue weighted by atomic mass is 16.3. The Labute approximate surface area is 200 Å². The van der Waals surface area contributed by atoms with Crippen LogP contribution in [0.25, 0.3) is 0 Å². The standard InChI is InChI=1S/C27H30N4O3/c32-25-10-4-1-7-22(25)19-28-13-16-31(17-14-29-20-23-8-2-5-11-26(23)33)18-15-30-21-24-9-3-6-12-27(24)34/h1-12,19-21,32-34H,13-18H2/b28-19+,29-20+,30-21+. The fourth-order valence-electron chi connectivity index (χ4n) is 3.21. The van der Waals surface area contributed by atoms with Crippen molar-refractivity contribution in [3.63, 3.8) is 0 Å². The molecule has 0 fully saturated rings. The summed E-state index contributed by atoms with van der Waals surface area (Å²) in [6, 6.07) is 21.3. The minimum atomic E-state index is 0.208. The van der Waals surface area contributed by atoms with Crippen LogP contribution < -0.4 is 0 Å². The quantitative estimate of drug-likeness (QED) is 0.360. The van der Waals surface area contributed by atoms with Crippen LogP contribution in [0.4, 0.5) is 0 Å². The summed E-state index contributed by atoms with van der Waals surface area (Å²) in [6.07, 6.45) is 5.04. The molecule has 0 aliphatic rings. The zero-order valence-electron chi connectivity index (χ0n) is 19.0. The maximum absolute atomic E-state index is 9.86. The highest BCUT2D eigenvalue weighted by molar-refractivity contribution is 5.84. The molecule has 7 heteroatoms. The molecule has 3 aromatic rings. The Kier molecular flexibility index (Phi) is 9.83. The molecule has 0 aromatic heterocycles. The first kappa shape index (κ1) is 24.7. The van der Waals surface area contributed by atoms with E-state index in [-0.39, 0.29) is 17.2 Å². The number of aromatic hydroxyl groups is 3. The summed E-state index contributed by atoms with van der Waals surface area (Å²) in [6.45, 7) is 3.84. The van der Waals surface area contributed by atoms with Crippen LogP contribution in [-0.4, -0.2) is 78.1 Å². The Morgan fingerprint density at radius 1 is 0.500 bits per heavy atom. The van der Waals surface area contributed by atoms with E-state index >= 15 is 0 Å². The molecule has 0 saturated carbocycles. The number of rotatable bonds is 12. The minimum absolute atomic E-state index is 0.208. The number of nitrogens with zero attached hydrogens (tertiary/aromatic N) is 4. The lowest BCUT2D eigenvalue weighted by molar-refractivity contribution is 0.298. The van der Waals surface area contributed by atoms with Crippen LogP contribution in [0.3, 0.4) is 0 Å². The van der Waals surface area contributed by atoms with Gasteiger partial charge in [0.2, 0.25) is 0 Å². The number of para-hydroxylation sites is 3. The minimum Gasteiger partial charge on any atom is -0.507 e. The predicted molar refractivity (Wildman–Crippen MR) is 138 cm³/mol. The van der Waals surface area contributed by atoms with Crippen molar-refractivity contribution < 1.29 is 15.3 Å². The first-order chi connectivity index (χ1) is 16.6. The fraction of sp³-hybridized carbons (Fsp3) is 0.222. The highest BCUT2D eigenvalue weighted by Gasteiger charge is 2.04. The molecule has 0 amide bonds. The molecule has 0 heterocycles. The first-order valence-corrected chi connectivity index (χ1v) is 11.2. The topological polar surface area (TPSA) is 101 Å². The van der Waals surface area contributed by atoms with Gasteiger partial charge in [-0.25, -0.2) is 0 Å². The van der Waals surface area contributed by atoms with E-state index in [0.29, 0.717) is 56.0 Å². The lowest BCUT2D eigenvalue weighted by Crippen LogP contribution is -2.31. The van der Waals surface area contributed by atoms with Gasteiger partial charge in [0.05, 0.1) is 19.6 Å². The van der Waals surface area contributed by atoms with Crippen LogP contribution in [0.5, 0.6) is 17.2 Å². The molecule has 3 aromatic carbocycles. The molecule has 0 bridgehead atoms. The third-order valence-corrected chi connectivity index (χ3v) is 5.14. The number of benzene rings is 3. The van der Waals surface area contributed by atoms with Gasteiger partial charge in [-0.2, -0.15) is 0 Å². The molecule has 0 radical (unpaired) electrons. The maximum Gasteiger partial charge on any atom is 0.124 e. The summed E-state index contributed by atoms with van der Waals surface area (Å²) in [7, 11) is 0. The Bertz CT molecular complexity index is 987. The Hall–Kier alpha value is -3.97. The van der Waals surface area contributed by atoms with Gasteiger partial charge < -0.3 is 15.3 Å². The Balaban J connectivity index is 1.54. The van der Waals surface area contributed by atoms with Crippen molar-refractivity contribution in [2.24, 2.45) is 15.0 Å². The van der Waals surface area contributed by atoms with Crippen molar-refractivity contribution in [3.05, 3.63) is 89.5 Å². The van der Waals surface area contributed by atoms with Gasteiger partial charge in [0.1, 0.15) is 17.2 Å². The smallest absolute Gasteiger partial charge is 0.124 e. The molecule has 0 unspecified atom stereocenters. The predicted octanol–water partition coefficient (Wildman–Crippen LogP) is 3.76. The van der Waals surface area contributed by atoms with Crippen molar-refractivity contribution in [1.82, 2.24) is 4.90 Å².